The van der Waals surface area contributed by atoms with Gasteiger partial charge in [-0.25, -0.2) is 0 Å². The number of nitrogens with one attached hydrogen (secondary N) is 1. The molecule has 7 heteroatoms. The highest BCUT2D eigenvalue weighted by molar-refractivity contribution is 8.00. The molecule has 1 N–H and O–H groups in total. The largest absolute Gasteiger partial charge is 0.493 e. The van der Waals surface area contributed by atoms with Gasteiger partial charge in [-0.05, 0) is 24.6 Å². The number of hydrogen-bond acceptors (Lipinski definition) is 6. The van der Waals surface area contributed by atoms with Crippen LogP contribution in [0.25, 0.3) is 0 Å². The smallest absolute Gasteiger partial charge is 0.315 e. The second-order valence-electron chi connectivity index (χ2n) is 4.26. The minimum Gasteiger partial charge on any atom is -0.493 e. The zero-order chi connectivity index (χ0) is 16.4. The van der Waals surface area contributed by atoms with E-state index < -0.39 is 0 Å². The molecule has 22 heavy (non-hydrogen) atoms. The minimum atomic E-state index is -0.305. The Morgan fingerprint density at radius 2 is 1.86 bits per heavy atom. The third-order valence-corrected chi connectivity index (χ3v) is 3.60. The van der Waals surface area contributed by atoms with E-state index in [1.165, 1.54) is 11.8 Å². The highest BCUT2D eigenvalue weighted by atomic mass is 32.2. The van der Waals surface area contributed by atoms with Gasteiger partial charge < -0.3 is 19.5 Å². The second kappa shape index (κ2) is 9.94. The summed E-state index contributed by atoms with van der Waals surface area (Å²) < 4.78 is 15.1. The summed E-state index contributed by atoms with van der Waals surface area (Å²) in [4.78, 5) is 22.8. The summed E-state index contributed by atoms with van der Waals surface area (Å²) in [6, 6.07) is 5.45. The van der Waals surface area contributed by atoms with Gasteiger partial charge in [0.15, 0.2) is 11.5 Å². The summed E-state index contributed by atoms with van der Waals surface area (Å²) >= 11 is 1.23. The van der Waals surface area contributed by atoms with Crippen molar-refractivity contribution in [3.05, 3.63) is 23.8 Å². The first kappa shape index (κ1) is 18.2. The van der Waals surface area contributed by atoms with Crippen LogP contribution in [0.15, 0.2) is 18.2 Å². The van der Waals surface area contributed by atoms with E-state index in [0.29, 0.717) is 24.7 Å². The molecule has 1 aromatic rings. The summed E-state index contributed by atoms with van der Waals surface area (Å²) in [5, 5.41) is 2.79. The number of hydrogen-bond donors (Lipinski definition) is 1. The summed E-state index contributed by atoms with van der Waals surface area (Å²) in [6.07, 6.45) is 0. The number of carbonyl (C=O) groups is 2. The number of esters is 1. The first-order valence-corrected chi connectivity index (χ1v) is 7.97. The van der Waals surface area contributed by atoms with Crippen molar-refractivity contribution >= 4 is 23.6 Å². The fraction of sp³-hybridized carbons (Fsp3) is 0.467. The highest BCUT2D eigenvalue weighted by Crippen LogP contribution is 2.27. The molecule has 0 saturated heterocycles. The monoisotopic (exact) mass is 327 g/mol. The van der Waals surface area contributed by atoms with Crippen LogP contribution in [0.1, 0.15) is 12.5 Å². The predicted molar refractivity (Wildman–Crippen MR) is 85.4 cm³/mol. The molecule has 0 aliphatic rings. The summed E-state index contributed by atoms with van der Waals surface area (Å²) in [5.41, 5.74) is 0.904. The Balaban J connectivity index is 2.36. The number of amides is 1. The average molecular weight is 327 g/mol. The van der Waals surface area contributed by atoms with Crippen LogP contribution in [0, 0.1) is 0 Å². The van der Waals surface area contributed by atoms with Crippen molar-refractivity contribution in [1.82, 2.24) is 5.32 Å². The molecular weight excluding hydrogens is 306 g/mol. The Labute approximate surface area is 134 Å². The number of rotatable bonds is 9. The van der Waals surface area contributed by atoms with Gasteiger partial charge in [-0.15, -0.1) is 11.8 Å². The van der Waals surface area contributed by atoms with Crippen molar-refractivity contribution in [2.75, 3.05) is 32.3 Å². The lowest BCUT2D eigenvalue weighted by Gasteiger charge is -2.10. The molecule has 0 heterocycles. The fourth-order valence-corrected chi connectivity index (χ4v) is 2.31. The maximum atomic E-state index is 11.7. The van der Waals surface area contributed by atoms with E-state index in [0.717, 1.165) is 5.56 Å². The van der Waals surface area contributed by atoms with Crippen LogP contribution in [0.4, 0.5) is 0 Å². The number of methoxy groups -OCH3 is 2. The highest BCUT2D eigenvalue weighted by Gasteiger charge is 2.08. The molecule has 122 valence electrons. The van der Waals surface area contributed by atoms with E-state index in [2.05, 4.69) is 5.32 Å². The molecule has 0 unspecified atom stereocenters. The van der Waals surface area contributed by atoms with Crippen LogP contribution < -0.4 is 14.8 Å². The van der Waals surface area contributed by atoms with Gasteiger partial charge in [-0.3, -0.25) is 9.59 Å². The maximum absolute atomic E-state index is 11.7. The Hall–Kier alpha value is -1.89. The number of carbonyl (C=O) groups excluding carboxylic acids is 2. The molecule has 0 fully saturated rings. The van der Waals surface area contributed by atoms with Gasteiger partial charge in [0.25, 0.3) is 0 Å². The zero-order valence-electron chi connectivity index (χ0n) is 13.0. The Morgan fingerprint density at radius 1 is 1.14 bits per heavy atom. The Bertz CT molecular complexity index is 507. The molecule has 1 rings (SSSR count). The molecule has 0 aromatic heterocycles. The van der Waals surface area contributed by atoms with Crippen LogP contribution in [0.5, 0.6) is 11.5 Å². The van der Waals surface area contributed by atoms with Crippen LogP contribution in [0.3, 0.4) is 0 Å². The van der Waals surface area contributed by atoms with Crippen LogP contribution >= 0.6 is 11.8 Å². The van der Waals surface area contributed by atoms with Gasteiger partial charge >= 0.3 is 5.97 Å². The standard InChI is InChI=1S/C15H21NO5S/c1-4-21-15(18)10-22-9-14(17)16-8-11-5-6-12(19-2)13(7-11)20-3/h5-7H,4,8-10H2,1-3H3,(H,16,17). The van der Waals surface area contributed by atoms with Gasteiger partial charge in [0.2, 0.25) is 5.91 Å². The molecular formula is C15H21NO5S. The molecule has 1 aromatic carbocycles. The minimum absolute atomic E-state index is 0.135. The molecule has 0 aliphatic carbocycles. The quantitative estimate of drug-likeness (QED) is 0.695. The molecule has 0 radical (unpaired) electrons. The summed E-state index contributed by atoms with van der Waals surface area (Å²) in [7, 11) is 3.13. The Morgan fingerprint density at radius 3 is 2.50 bits per heavy atom. The second-order valence-corrected chi connectivity index (χ2v) is 5.25. The van der Waals surface area contributed by atoms with Crippen molar-refractivity contribution in [3.63, 3.8) is 0 Å². The molecule has 0 bridgehead atoms. The van der Waals surface area contributed by atoms with Gasteiger partial charge in [-0.1, -0.05) is 6.07 Å². The van der Waals surface area contributed by atoms with Crippen LogP contribution in [-0.4, -0.2) is 44.2 Å². The van der Waals surface area contributed by atoms with Crippen molar-refractivity contribution in [2.45, 2.75) is 13.5 Å². The third kappa shape index (κ3) is 6.26. The van der Waals surface area contributed by atoms with Crippen molar-refractivity contribution in [2.24, 2.45) is 0 Å². The zero-order valence-corrected chi connectivity index (χ0v) is 13.8. The van der Waals surface area contributed by atoms with Crippen molar-refractivity contribution in [1.29, 1.82) is 0 Å². The fourth-order valence-electron chi connectivity index (χ4n) is 1.67. The average Bonchev–Trinajstić information content (AvgIpc) is 2.52. The lowest BCUT2D eigenvalue weighted by Crippen LogP contribution is -2.25. The van der Waals surface area contributed by atoms with E-state index in [-0.39, 0.29) is 23.4 Å². The molecule has 6 nitrogen and oxygen atoms in total. The van der Waals surface area contributed by atoms with E-state index >= 15 is 0 Å². The summed E-state index contributed by atoms with van der Waals surface area (Å²) in [5.74, 6) is 1.21. The van der Waals surface area contributed by atoms with E-state index in [9.17, 15) is 9.59 Å². The van der Waals surface area contributed by atoms with Gasteiger partial charge in [-0.2, -0.15) is 0 Å². The normalized spacial score (nSPS) is 9.95. The molecule has 0 atom stereocenters. The lowest BCUT2D eigenvalue weighted by molar-refractivity contribution is -0.139. The number of benzene rings is 1. The molecule has 0 aliphatic heterocycles. The molecule has 0 saturated carbocycles. The van der Waals surface area contributed by atoms with Crippen molar-refractivity contribution < 1.29 is 23.8 Å². The third-order valence-electron chi connectivity index (χ3n) is 2.70. The lowest BCUT2D eigenvalue weighted by atomic mass is 10.2. The SMILES string of the molecule is CCOC(=O)CSCC(=O)NCc1ccc(OC)c(OC)c1. The topological polar surface area (TPSA) is 73.9 Å². The predicted octanol–water partition coefficient (Wildman–Crippen LogP) is 1.62. The van der Waals surface area contributed by atoms with E-state index in [1.807, 2.05) is 12.1 Å². The molecule has 1 amide bonds. The summed E-state index contributed by atoms with van der Waals surface area (Å²) in [6.45, 7) is 2.49. The van der Waals surface area contributed by atoms with Gasteiger partial charge in [0.05, 0.1) is 32.3 Å². The van der Waals surface area contributed by atoms with Gasteiger partial charge in [0.1, 0.15) is 0 Å². The number of ether oxygens (including phenoxy) is 3. The number of thioether (sulfide) groups is 1. The van der Waals surface area contributed by atoms with Gasteiger partial charge in [0, 0.05) is 6.54 Å². The first-order chi connectivity index (χ1) is 10.6. The van der Waals surface area contributed by atoms with Crippen LogP contribution in [-0.2, 0) is 20.9 Å². The van der Waals surface area contributed by atoms with Crippen molar-refractivity contribution in [3.8, 4) is 11.5 Å². The first-order valence-electron chi connectivity index (χ1n) is 6.81. The van der Waals surface area contributed by atoms with Crippen LogP contribution in [0.2, 0.25) is 0 Å². The van der Waals surface area contributed by atoms with E-state index in [4.69, 9.17) is 14.2 Å². The molecule has 0 spiro atoms. The van der Waals surface area contributed by atoms with E-state index in [1.54, 1.807) is 27.2 Å². The maximum Gasteiger partial charge on any atom is 0.315 e. The Kier molecular flexibility index (Phi) is 8.21.